The van der Waals surface area contributed by atoms with Crippen LogP contribution in [0.15, 0.2) is 28.7 Å². The summed E-state index contributed by atoms with van der Waals surface area (Å²) in [5, 5.41) is 2.98. The Hall–Kier alpha value is -0.780. The van der Waals surface area contributed by atoms with E-state index in [0.29, 0.717) is 0 Å². The summed E-state index contributed by atoms with van der Waals surface area (Å²) in [6.45, 7) is 2.02. The Bertz CT molecular complexity index is 622. The van der Waals surface area contributed by atoms with Gasteiger partial charge in [0.1, 0.15) is 0 Å². The summed E-state index contributed by atoms with van der Waals surface area (Å²) in [5.74, 6) is 2.20. The molecule has 0 saturated heterocycles. The van der Waals surface area contributed by atoms with Crippen molar-refractivity contribution in [3.8, 4) is 0 Å². The molecule has 1 aliphatic rings. The van der Waals surface area contributed by atoms with Crippen LogP contribution >= 0.6 is 39.0 Å². The number of carbonyl (C=O) groups excluding carboxylic acids is 1. The standard InChI is InChI=1S/C15H14BrNOS2/c1-9-4-11(16)7-12(5-9)17-15(18)14-6-10-8-19-3-2-13(10)20-14/h4-7H,2-3,8H2,1H3,(H,17,18). The highest BCUT2D eigenvalue weighted by molar-refractivity contribution is 9.10. The minimum absolute atomic E-state index is 0.00750. The van der Waals surface area contributed by atoms with Crippen LogP contribution in [-0.2, 0) is 12.2 Å². The molecule has 1 aromatic heterocycles. The minimum atomic E-state index is -0.00750. The number of benzene rings is 1. The van der Waals surface area contributed by atoms with Crippen molar-refractivity contribution in [2.24, 2.45) is 0 Å². The molecule has 0 fully saturated rings. The average Bonchev–Trinajstić information content (AvgIpc) is 2.81. The van der Waals surface area contributed by atoms with Crippen LogP contribution in [0, 0.1) is 6.92 Å². The van der Waals surface area contributed by atoms with Gasteiger partial charge in [0.2, 0.25) is 0 Å². The van der Waals surface area contributed by atoms with Crippen LogP contribution in [-0.4, -0.2) is 11.7 Å². The number of carbonyl (C=O) groups is 1. The molecule has 2 heterocycles. The zero-order chi connectivity index (χ0) is 14.1. The number of anilines is 1. The monoisotopic (exact) mass is 367 g/mol. The van der Waals surface area contributed by atoms with Gasteiger partial charge in [-0.3, -0.25) is 4.79 Å². The molecule has 1 N–H and O–H groups in total. The van der Waals surface area contributed by atoms with Crippen molar-refractivity contribution in [3.63, 3.8) is 0 Å². The zero-order valence-electron chi connectivity index (χ0n) is 11.0. The molecule has 1 aliphatic heterocycles. The van der Waals surface area contributed by atoms with Gasteiger partial charge in [0.15, 0.2) is 0 Å². The summed E-state index contributed by atoms with van der Waals surface area (Å²) in [4.78, 5) is 14.5. The van der Waals surface area contributed by atoms with E-state index < -0.39 is 0 Å². The molecule has 0 radical (unpaired) electrons. The summed E-state index contributed by atoms with van der Waals surface area (Å²) in [6.07, 6.45) is 1.09. The zero-order valence-corrected chi connectivity index (χ0v) is 14.3. The highest BCUT2D eigenvalue weighted by atomic mass is 79.9. The first-order valence-corrected chi connectivity index (χ1v) is 9.16. The molecule has 0 aliphatic carbocycles. The van der Waals surface area contributed by atoms with Crippen LogP contribution in [0.3, 0.4) is 0 Å². The molecule has 0 spiro atoms. The molecule has 0 unspecified atom stereocenters. The number of thiophene rings is 1. The Labute approximate surface area is 135 Å². The molecule has 5 heteroatoms. The minimum Gasteiger partial charge on any atom is -0.321 e. The van der Waals surface area contributed by atoms with E-state index in [2.05, 4.69) is 21.2 Å². The van der Waals surface area contributed by atoms with Crippen LogP contribution in [0.4, 0.5) is 5.69 Å². The molecule has 0 atom stereocenters. The van der Waals surface area contributed by atoms with Gasteiger partial charge in [0.05, 0.1) is 4.88 Å². The fourth-order valence-electron chi connectivity index (χ4n) is 2.26. The quantitative estimate of drug-likeness (QED) is 0.820. The molecular weight excluding hydrogens is 354 g/mol. The van der Waals surface area contributed by atoms with Crippen molar-refractivity contribution in [1.29, 1.82) is 0 Å². The second-order valence-corrected chi connectivity index (χ2v) is 7.99. The first-order chi connectivity index (χ1) is 9.61. The number of hydrogen-bond acceptors (Lipinski definition) is 3. The van der Waals surface area contributed by atoms with Crippen LogP contribution in [0.25, 0.3) is 0 Å². The number of amides is 1. The smallest absolute Gasteiger partial charge is 0.265 e. The third-order valence-corrected chi connectivity index (χ3v) is 5.85. The summed E-state index contributed by atoms with van der Waals surface area (Å²) >= 11 is 7.03. The Morgan fingerprint density at radius 3 is 2.90 bits per heavy atom. The molecule has 3 rings (SSSR count). The van der Waals surface area contributed by atoms with Crippen molar-refractivity contribution in [2.45, 2.75) is 19.1 Å². The highest BCUT2D eigenvalue weighted by Crippen LogP contribution is 2.32. The fourth-order valence-corrected chi connectivity index (χ4v) is 5.14. The molecular formula is C15H14BrNOS2. The largest absolute Gasteiger partial charge is 0.321 e. The van der Waals surface area contributed by atoms with E-state index in [4.69, 9.17) is 0 Å². The Kier molecular flexibility index (Phi) is 4.19. The van der Waals surface area contributed by atoms with E-state index in [-0.39, 0.29) is 5.91 Å². The third kappa shape index (κ3) is 3.10. The van der Waals surface area contributed by atoms with E-state index in [1.165, 1.54) is 16.2 Å². The molecule has 1 amide bonds. The van der Waals surface area contributed by atoms with Gasteiger partial charge in [-0.05, 0) is 54.5 Å². The van der Waals surface area contributed by atoms with Gasteiger partial charge in [0.25, 0.3) is 5.91 Å². The number of halogens is 1. The summed E-state index contributed by atoms with van der Waals surface area (Å²) in [7, 11) is 0. The lowest BCUT2D eigenvalue weighted by Crippen LogP contribution is -2.10. The second-order valence-electron chi connectivity index (χ2n) is 4.83. The molecule has 0 saturated carbocycles. The van der Waals surface area contributed by atoms with Crippen molar-refractivity contribution in [1.82, 2.24) is 0 Å². The van der Waals surface area contributed by atoms with E-state index >= 15 is 0 Å². The Morgan fingerprint density at radius 2 is 2.15 bits per heavy atom. The van der Waals surface area contributed by atoms with Crippen molar-refractivity contribution in [3.05, 3.63) is 49.6 Å². The van der Waals surface area contributed by atoms with Gasteiger partial charge in [-0.1, -0.05) is 15.9 Å². The number of fused-ring (bicyclic) bond motifs is 1. The SMILES string of the molecule is Cc1cc(Br)cc(NC(=O)c2cc3c(s2)CCSC3)c1. The Morgan fingerprint density at radius 1 is 1.30 bits per heavy atom. The Balaban J connectivity index is 1.80. The maximum absolute atomic E-state index is 12.3. The molecule has 2 aromatic rings. The van der Waals surface area contributed by atoms with Gasteiger partial charge in [-0.25, -0.2) is 0 Å². The van der Waals surface area contributed by atoms with Crippen LogP contribution in [0.1, 0.15) is 25.7 Å². The number of rotatable bonds is 2. The van der Waals surface area contributed by atoms with Gasteiger partial charge < -0.3 is 5.32 Å². The number of aryl methyl sites for hydroxylation is 2. The van der Waals surface area contributed by atoms with Crippen molar-refractivity contribution >= 4 is 50.6 Å². The molecule has 0 bridgehead atoms. The van der Waals surface area contributed by atoms with E-state index in [1.54, 1.807) is 11.3 Å². The molecule has 20 heavy (non-hydrogen) atoms. The maximum atomic E-state index is 12.3. The lowest BCUT2D eigenvalue weighted by atomic mass is 10.2. The normalized spacial score (nSPS) is 13.9. The average molecular weight is 368 g/mol. The third-order valence-electron chi connectivity index (χ3n) is 3.15. The number of nitrogens with one attached hydrogen (secondary N) is 1. The molecule has 2 nitrogen and oxygen atoms in total. The summed E-state index contributed by atoms with van der Waals surface area (Å²) in [6, 6.07) is 7.98. The predicted molar refractivity (Wildman–Crippen MR) is 91.0 cm³/mol. The van der Waals surface area contributed by atoms with Crippen LogP contribution < -0.4 is 5.32 Å². The lowest BCUT2D eigenvalue weighted by molar-refractivity contribution is 0.103. The lowest BCUT2D eigenvalue weighted by Gasteiger charge is -2.08. The van der Waals surface area contributed by atoms with E-state index in [0.717, 1.165) is 32.8 Å². The van der Waals surface area contributed by atoms with Crippen LogP contribution in [0.5, 0.6) is 0 Å². The summed E-state index contributed by atoms with van der Waals surface area (Å²) in [5.41, 5.74) is 3.29. The van der Waals surface area contributed by atoms with Gasteiger partial charge >= 0.3 is 0 Å². The molecule has 1 aromatic carbocycles. The van der Waals surface area contributed by atoms with Gasteiger partial charge in [-0.15, -0.1) is 11.3 Å². The number of hydrogen-bond donors (Lipinski definition) is 1. The second kappa shape index (κ2) is 5.92. The van der Waals surface area contributed by atoms with Gasteiger partial charge in [0, 0.05) is 20.8 Å². The first kappa shape index (κ1) is 14.2. The summed E-state index contributed by atoms with van der Waals surface area (Å²) < 4.78 is 0.981. The first-order valence-electron chi connectivity index (χ1n) is 6.40. The van der Waals surface area contributed by atoms with Gasteiger partial charge in [-0.2, -0.15) is 11.8 Å². The topological polar surface area (TPSA) is 29.1 Å². The van der Waals surface area contributed by atoms with Crippen LogP contribution in [0.2, 0.25) is 0 Å². The van der Waals surface area contributed by atoms with E-state index in [9.17, 15) is 4.79 Å². The van der Waals surface area contributed by atoms with E-state index in [1.807, 2.05) is 43.0 Å². The predicted octanol–water partition coefficient (Wildman–Crippen LogP) is 4.86. The molecule has 104 valence electrons. The van der Waals surface area contributed by atoms with Crippen molar-refractivity contribution < 1.29 is 4.79 Å². The fraction of sp³-hybridized carbons (Fsp3) is 0.267. The maximum Gasteiger partial charge on any atom is 0.265 e. The number of thioether (sulfide) groups is 1. The highest BCUT2D eigenvalue weighted by Gasteiger charge is 2.17. The van der Waals surface area contributed by atoms with Crippen molar-refractivity contribution in [2.75, 3.05) is 11.1 Å².